The zero-order chi connectivity index (χ0) is 12.0. The minimum absolute atomic E-state index is 0.0472. The van der Waals surface area contributed by atoms with Gasteiger partial charge in [-0.3, -0.25) is 0 Å². The van der Waals surface area contributed by atoms with E-state index in [2.05, 4.69) is 27.6 Å². The first-order valence-electron chi connectivity index (χ1n) is 5.27. The van der Waals surface area contributed by atoms with Crippen molar-refractivity contribution in [2.45, 2.75) is 10.3 Å². The second-order valence-corrected chi connectivity index (χ2v) is 8.64. The normalized spacial score (nSPS) is 19.8. The van der Waals surface area contributed by atoms with E-state index >= 15 is 0 Å². The Morgan fingerprint density at radius 1 is 1.47 bits per heavy atom. The fourth-order valence-electron chi connectivity index (χ4n) is 2.03. The minimum atomic E-state index is -0.0472. The molecule has 2 heterocycles. The molecule has 2 nitrogen and oxygen atoms in total. The number of hydrogen-bond acceptors (Lipinski definition) is 2. The van der Waals surface area contributed by atoms with Crippen molar-refractivity contribution in [1.82, 2.24) is 4.98 Å². The first-order chi connectivity index (χ1) is 8.16. The molecule has 0 bridgehead atoms. The molecule has 0 aliphatic carbocycles. The number of nitrogens with two attached hydrogens (primary N) is 1. The molecular weight excluding hydrogens is 445 g/mol. The Balaban J connectivity index is 2.32. The number of aromatic nitrogens is 1. The van der Waals surface area contributed by atoms with Gasteiger partial charge in [0.25, 0.3) is 0 Å². The predicted molar refractivity (Wildman–Crippen MR) is 71.1 cm³/mol. The van der Waals surface area contributed by atoms with Crippen molar-refractivity contribution in [2.75, 3.05) is 10.2 Å². The molecule has 0 spiro atoms. The van der Waals surface area contributed by atoms with Gasteiger partial charge in [0.1, 0.15) is 0 Å². The summed E-state index contributed by atoms with van der Waals surface area (Å²) in [6.07, 6.45) is 2.85. The molecule has 1 fully saturated rings. The van der Waals surface area contributed by atoms with Gasteiger partial charge in [0, 0.05) is 0 Å². The van der Waals surface area contributed by atoms with Crippen molar-refractivity contribution in [3.63, 3.8) is 0 Å². The van der Waals surface area contributed by atoms with Gasteiger partial charge in [0.15, 0.2) is 0 Å². The van der Waals surface area contributed by atoms with E-state index in [0.717, 1.165) is 22.8 Å². The second kappa shape index (κ2) is 4.49. The van der Waals surface area contributed by atoms with Crippen LogP contribution in [0.5, 0.6) is 0 Å². The number of rotatable bonds is 1. The molecule has 1 aromatic heterocycles. The van der Waals surface area contributed by atoms with E-state index in [1.165, 1.54) is 4.43 Å². The quantitative estimate of drug-likeness (QED) is 0.490. The van der Waals surface area contributed by atoms with Crippen LogP contribution in [0.25, 0.3) is 10.8 Å². The van der Waals surface area contributed by atoms with Gasteiger partial charge in [-0.1, -0.05) is 0 Å². The molecule has 0 saturated carbocycles. The zero-order valence-electron chi connectivity index (χ0n) is 8.88. The van der Waals surface area contributed by atoms with E-state index in [1.54, 1.807) is 6.20 Å². The van der Waals surface area contributed by atoms with Gasteiger partial charge in [0.2, 0.25) is 0 Å². The van der Waals surface area contributed by atoms with Gasteiger partial charge in [-0.25, -0.2) is 0 Å². The average Bonchev–Trinajstić information content (AvgIpc) is 2.22. The van der Waals surface area contributed by atoms with E-state index in [-0.39, 0.29) is 27.0 Å². The molecule has 90 valence electrons. The van der Waals surface area contributed by atoms with E-state index in [1.807, 2.05) is 12.1 Å². The number of alkyl halides is 2. The van der Waals surface area contributed by atoms with Crippen molar-refractivity contribution < 1.29 is 25.6 Å². The summed E-state index contributed by atoms with van der Waals surface area (Å²) in [7, 11) is 0. The average molecular weight is 455 g/mol. The first-order valence-corrected chi connectivity index (χ1v) is 9.12. The molecule has 1 aliphatic rings. The van der Waals surface area contributed by atoms with Crippen molar-refractivity contribution in [3.8, 4) is 0 Å². The molecule has 3 rings (SSSR count). The number of pyridine rings is 1. The molecule has 0 radical (unpaired) electrons. The Hall–Kier alpha value is -0.180. The molecule has 2 aromatic rings. The number of anilines is 1. The van der Waals surface area contributed by atoms with Crippen LogP contribution >= 0.6 is 22.6 Å². The number of benzene rings is 1. The van der Waals surface area contributed by atoms with Crippen LogP contribution in [0, 0.1) is 9.39 Å². The van der Waals surface area contributed by atoms with Crippen LogP contribution in [0.1, 0.15) is 15.9 Å². The van der Waals surface area contributed by atoms with Gasteiger partial charge in [0.05, 0.1) is 0 Å². The molecule has 1 unspecified atom stereocenters. The fourth-order valence-corrected chi connectivity index (χ4v) is 4.95. The number of nitrogen functional groups attached to an aromatic ring is 1. The summed E-state index contributed by atoms with van der Waals surface area (Å²) in [6.45, 7) is 0. The molecule has 1 aromatic carbocycles. The summed E-state index contributed by atoms with van der Waals surface area (Å²) in [5.41, 5.74) is 6.57. The van der Waals surface area contributed by atoms with Crippen molar-refractivity contribution in [3.05, 3.63) is 33.3 Å². The second-order valence-electron chi connectivity index (χ2n) is 4.02. The standard InChI is InChI=1S/C12H10FI2N2/c13-12-8(14)3-6-4-10(16)17-5-7(6)11(12)9-1-2-15-9/h3-5,9H,1-2H2,(H2,16,17)/q-1. The number of fused-ring (bicyclic) bond motifs is 1. The number of halogens is 3. The molecule has 0 amide bonds. The third-order valence-corrected chi connectivity index (χ3v) is 7.29. The summed E-state index contributed by atoms with van der Waals surface area (Å²) in [4.78, 5) is 4.10. The summed E-state index contributed by atoms with van der Waals surface area (Å²) in [5, 5.41) is 1.95. The Kier molecular flexibility index (Phi) is 3.14. The third kappa shape index (κ3) is 2.00. The maximum atomic E-state index is 14.3. The van der Waals surface area contributed by atoms with E-state index in [9.17, 15) is 4.39 Å². The van der Waals surface area contributed by atoms with Crippen molar-refractivity contribution in [2.24, 2.45) is 0 Å². The van der Waals surface area contributed by atoms with E-state index in [0.29, 0.717) is 13.3 Å². The van der Waals surface area contributed by atoms with Crippen LogP contribution in [0.2, 0.25) is 0 Å². The molecule has 1 atom stereocenters. The van der Waals surface area contributed by atoms with Crippen LogP contribution in [0.15, 0.2) is 18.3 Å². The van der Waals surface area contributed by atoms with Gasteiger partial charge in [-0.15, -0.1) is 0 Å². The fraction of sp³-hybridized carbons (Fsp3) is 0.250. The van der Waals surface area contributed by atoms with Gasteiger partial charge >= 0.3 is 124 Å². The molecule has 2 N–H and O–H groups in total. The Morgan fingerprint density at radius 3 is 2.88 bits per heavy atom. The first kappa shape index (κ1) is 11.9. The van der Waals surface area contributed by atoms with Gasteiger partial charge in [-0.2, -0.15) is 0 Å². The molecule has 1 aliphatic heterocycles. The number of nitrogens with zero attached hydrogens (tertiary/aromatic N) is 1. The van der Waals surface area contributed by atoms with Crippen LogP contribution in [-0.4, -0.2) is 9.41 Å². The Bertz CT molecular complexity index is 597. The van der Waals surface area contributed by atoms with Crippen LogP contribution in [0.3, 0.4) is 0 Å². The monoisotopic (exact) mass is 455 g/mol. The van der Waals surface area contributed by atoms with Crippen LogP contribution in [0.4, 0.5) is 10.2 Å². The molecular formula is C12H10FI2N2-. The summed E-state index contributed by atoms with van der Waals surface area (Å²) in [5.74, 6) is 0.447. The Labute approximate surface area is 123 Å². The molecule has 17 heavy (non-hydrogen) atoms. The van der Waals surface area contributed by atoms with E-state index in [4.69, 9.17) is 5.73 Å². The Morgan fingerprint density at radius 2 is 2.24 bits per heavy atom. The SMILES string of the molecule is Nc1cc2cc(I)c(F)c(C3CC[I-]3)c2cn1. The van der Waals surface area contributed by atoms with Gasteiger partial charge < -0.3 is 0 Å². The van der Waals surface area contributed by atoms with Crippen LogP contribution in [-0.2, 0) is 0 Å². The summed E-state index contributed by atoms with van der Waals surface area (Å²) < 4.78 is 16.7. The summed E-state index contributed by atoms with van der Waals surface area (Å²) >= 11 is 2.19. The number of hydrogen-bond donors (Lipinski definition) is 1. The van der Waals surface area contributed by atoms with Gasteiger partial charge in [-0.05, 0) is 0 Å². The van der Waals surface area contributed by atoms with Crippen molar-refractivity contribution in [1.29, 1.82) is 0 Å². The maximum absolute atomic E-state index is 14.3. The molecule has 1 saturated heterocycles. The molecule has 5 heteroatoms. The third-order valence-electron chi connectivity index (χ3n) is 2.95. The predicted octanol–water partition coefficient (Wildman–Crippen LogP) is 0.0945. The van der Waals surface area contributed by atoms with Crippen LogP contribution < -0.4 is 26.9 Å². The van der Waals surface area contributed by atoms with E-state index < -0.39 is 0 Å². The zero-order valence-corrected chi connectivity index (χ0v) is 13.2. The summed E-state index contributed by atoms with van der Waals surface area (Å²) in [6, 6.07) is 3.68. The topological polar surface area (TPSA) is 38.9 Å². The van der Waals surface area contributed by atoms with Crippen molar-refractivity contribution >= 4 is 39.2 Å².